The molecule has 4 aromatic rings. The van der Waals surface area contributed by atoms with Gasteiger partial charge in [-0.05, 0) is 54.5 Å². The standard InChI is InChI=1S/C25H30N8O2S/c1-17(2)19-11-25(31-27-13-19)30-24-5-4-22-23(29-24)10-20(12-26-22)21-14-28-32(16-21)15-18-6-8-33(9-7-18)36(3,34)35/h4-5,10-14,16-18H,6-9,15H2,1-3H3,(H,29,30,31). The lowest BCUT2D eigenvalue weighted by atomic mass is 9.98. The Bertz CT molecular complexity index is 1480. The summed E-state index contributed by atoms with van der Waals surface area (Å²) in [6.45, 7) is 6.14. The molecule has 1 aliphatic rings. The number of pyridine rings is 2. The van der Waals surface area contributed by atoms with Gasteiger partial charge in [-0.1, -0.05) is 13.8 Å². The molecule has 188 valence electrons. The third kappa shape index (κ3) is 5.52. The van der Waals surface area contributed by atoms with Crippen LogP contribution in [0.2, 0.25) is 0 Å². The molecule has 1 aliphatic heterocycles. The summed E-state index contributed by atoms with van der Waals surface area (Å²) >= 11 is 0. The Hall–Kier alpha value is -3.44. The number of rotatable bonds is 7. The van der Waals surface area contributed by atoms with Gasteiger partial charge in [0.05, 0.1) is 29.7 Å². The van der Waals surface area contributed by atoms with Gasteiger partial charge >= 0.3 is 0 Å². The summed E-state index contributed by atoms with van der Waals surface area (Å²) in [7, 11) is -3.11. The first-order valence-corrected chi connectivity index (χ1v) is 13.9. The predicted octanol–water partition coefficient (Wildman–Crippen LogP) is 3.82. The maximum Gasteiger partial charge on any atom is 0.211 e. The molecule has 0 radical (unpaired) electrons. The van der Waals surface area contributed by atoms with E-state index in [1.54, 1.807) is 10.5 Å². The highest BCUT2D eigenvalue weighted by Gasteiger charge is 2.25. The largest absolute Gasteiger partial charge is 0.323 e. The van der Waals surface area contributed by atoms with E-state index >= 15 is 0 Å². The van der Waals surface area contributed by atoms with Crippen LogP contribution >= 0.6 is 0 Å². The molecule has 0 atom stereocenters. The van der Waals surface area contributed by atoms with Gasteiger partial charge in [-0.3, -0.25) is 9.67 Å². The zero-order valence-electron chi connectivity index (χ0n) is 20.7. The normalized spacial score (nSPS) is 15.6. The summed E-state index contributed by atoms with van der Waals surface area (Å²) in [5, 5.41) is 16.0. The second-order valence-electron chi connectivity index (χ2n) is 9.67. The molecule has 1 fully saturated rings. The van der Waals surface area contributed by atoms with Crippen molar-refractivity contribution in [3.05, 3.63) is 54.6 Å². The average Bonchev–Trinajstić information content (AvgIpc) is 3.32. The molecule has 36 heavy (non-hydrogen) atoms. The van der Waals surface area contributed by atoms with Crippen LogP contribution in [-0.4, -0.2) is 62.0 Å². The van der Waals surface area contributed by atoms with Crippen molar-refractivity contribution in [2.45, 2.75) is 39.2 Å². The van der Waals surface area contributed by atoms with Gasteiger partial charge in [0, 0.05) is 43.2 Å². The molecule has 0 unspecified atom stereocenters. The number of aromatic nitrogens is 6. The lowest BCUT2D eigenvalue weighted by Gasteiger charge is -2.30. The van der Waals surface area contributed by atoms with Gasteiger partial charge in [-0.25, -0.2) is 17.7 Å². The van der Waals surface area contributed by atoms with Crippen molar-refractivity contribution in [1.82, 2.24) is 34.3 Å². The van der Waals surface area contributed by atoms with E-state index < -0.39 is 10.0 Å². The molecule has 0 spiro atoms. The first-order chi connectivity index (χ1) is 17.2. The van der Waals surface area contributed by atoms with Crippen molar-refractivity contribution in [2.24, 2.45) is 5.92 Å². The van der Waals surface area contributed by atoms with Crippen molar-refractivity contribution in [1.29, 1.82) is 0 Å². The lowest BCUT2D eigenvalue weighted by molar-refractivity contribution is 0.248. The summed E-state index contributed by atoms with van der Waals surface area (Å²) < 4.78 is 27.0. The number of anilines is 2. The highest BCUT2D eigenvalue weighted by molar-refractivity contribution is 7.88. The van der Waals surface area contributed by atoms with Crippen LogP contribution in [0.25, 0.3) is 22.2 Å². The average molecular weight is 507 g/mol. The number of sulfonamides is 1. The number of nitrogens with one attached hydrogen (secondary N) is 1. The van der Waals surface area contributed by atoms with Crippen LogP contribution in [0.1, 0.15) is 38.2 Å². The van der Waals surface area contributed by atoms with Gasteiger partial charge in [0.2, 0.25) is 10.0 Å². The molecular formula is C25H30N8O2S. The summed E-state index contributed by atoms with van der Waals surface area (Å²) in [5.74, 6) is 2.09. The maximum absolute atomic E-state index is 11.7. The molecule has 5 rings (SSSR count). The minimum Gasteiger partial charge on any atom is -0.323 e. The number of hydrogen-bond donors (Lipinski definition) is 1. The van der Waals surface area contributed by atoms with Crippen LogP contribution in [-0.2, 0) is 16.6 Å². The summed E-state index contributed by atoms with van der Waals surface area (Å²) in [4.78, 5) is 9.32. The van der Waals surface area contributed by atoms with E-state index in [0.717, 1.165) is 47.1 Å². The fraction of sp³-hybridized carbons (Fsp3) is 0.400. The molecule has 0 bridgehead atoms. The second kappa shape index (κ2) is 9.90. The summed E-state index contributed by atoms with van der Waals surface area (Å²) in [5.41, 5.74) is 4.58. The Morgan fingerprint density at radius 1 is 1.03 bits per heavy atom. The predicted molar refractivity (Wildman–Crippen MR) is 139 cm³/mol. The molecule has 11 heteroatoms. The topological polar surface area (TPSA) is 119 Å². The third-order valence-corrected chi connectivity index (χ3v) is 7.89. The van der Waals surface area contributed by atoms with E-state index in [1.165, 1.54) is 6.26 Å². The molecular weight excluding hydrogens is 476 g/mol. The Balaban J connectivity index is 1.29. The highest BCUT2D eigenvalue weighted by Crippen LogP contribution is 2.25. The van der Waals surface area contributed by atoms with Crippen LogP contribution < -0.4 is 5.32 Å². The quantitative estimate of drug-likeness (QED) is 0.402. The molecule has 1 saturated heterocycles. The number of hydrogen-bond acceptors (Lipinski definition) is 8. The lowest BCUT2D eigenvalue weighted by Crippen LogP contribution is -2.38. The zero-order valence-corrected chi connectivity index (χ0v) is 21.5. The van der Waals surface area contributed by atoms with Crippen molar-refractivity contribution < 1.29 is 8.42 Å². The van der Waals surface area contributed by atoms with E-state index in [9.17, 15) is 8.42 Å². The van der Waals surface area contributed by atoms with Crippen molar-refractivity contribution in [3.8, 4) is 11.1 Å². The first-order valence-electron chi connectivity index (χ1n) is 12.1. The Labute approximate surface area is 210 Å². The summed E-state index contributed by atoms with van der Waals surface area (Å²) in [6, 6.07) is 7.81. The molecule has 0 aromatic carbocycles. The van der Waals surface area contributed by atoms with E-state index in [1.807, 2.05) is 47.5 Å². The van der Waals surface area contributed by atoms with Gasteiger partial charge < -0.3 is 5.32 Å². The number of nitrogens with zero attached hydrogens (tertiary/aromatic N) is 7. The van der Waals surface area contributed by atoms with Crippen LogP contribution in [0, 0.1) is 5.92 Å². The molecule has 1 N–H and O–H groups in total. The Morgan fingerprint density at radius 3 is 2.58 bits per heavy atom. The monoisotopic (exact) mass is 506 g/mol. The molecule has 0 aliphatic carbocycles. The van der Waals surface area contributed by atoms with E-state index in [-0.39, 0.29) is 0 Å². The van der Waals surface area contributed by atoms with Gasteiger partial charge in [0.15, 0.2) is 5.82 Å². The molecule has 5 heterocycles. The second-order valence-corrected chi connectivity index (χ2v) is 11.7. The van der Waals surface area contributed by atoms with Crippen LogP contribution in [0.3, 0.4) is 0 Å². The molecule has 0 amide bonds. The zero-order chi connectivity index (χ0) is 25.3. The van der Waals surface area contributed by atoms with Crippen molar-refractivity contribution >= 4 is 32.7 Å². The smallest absolute Gasteiger partial charge is 0.211 e. The van der Waals surface area contributed by atoms with Crippen molar-refractivity contribution in [2.75, 3.05) is 24.7 Å². The summed E-state index contributed by atoms with van der Waals surface area (Å²) in [6.07, 6.45) is 10.4. The fourth-order valence-corrected chi connectivity index (χ4v) is 5.30. The van der Waals surface area contributed by atoms with E-state index in [2.05, 4.69) is 39.4 Å². The van der Waals surface area contributed by atoms with Gasteiger partial charge in [-0.2, -0.15) is 10.2 Å². The Morgan fingerprint density at radius 2 is 1.83 bits per heavy atom. The number of piperidine rings is 1. The SMILES string of the molecule is CC(C)c1cnnc(Nc2ccc3ncc(-c4cnn(CC5CCN(S(C)(=O)=O)CC5)c4)cc3n2)c1. The fourth-order valence-electron chi connectivity index (χ4n) is 4.42. The highest BCUT2D eigenvalue weighted by atomic mass is 32.2. The van der Waals surface area contributed by atoms with Crippen LogP contribution in [0.5, 0.6) is 0 Å². The molecule has 0 saturated carbocycles. The minimum atomic E-state index is -3.11. The van der Waals surface area contributed by atoms with E-state index in [4.69, 9.17) is 4.98 Å². The third-order valence-electron chi connectivity index (χ3n) is 6.59. The first kappa shape index (κ1) is 24.3. The Kier molecular flexibility index (Phi) is 6.67. The molecule has 4 aromatic heterocycles. The minimum absolute atomic E-state index is 0.360. The van der Waals surface area contributed by atoms with Crippen LogP contribution in [0.15, 0.2) is 49.1 Å². The maximum atomic E-state index is 11.7. The van der Waals surface area contributed by atoms with Crippen LogP contribution in [0.4, 0.5) is 11.6 Å². The van der Waals surface area contributed by atoms with Gasteiger partial charge in [-0.15, -0.1) is 5.10 Å². The van der Waals surface area contributed by atoms with Gasteiger partial charge in [0.1, 0.15) is 5.82 Å². The van der Waals surface area contributed by atoms with Crippen molar-refractivity contribution in [3.63, 3.8) is 0 Å². The number of fused-ring (bicyclic) bond motifs is 1. The molecule has 10 nitrogen and oxygen atoms in total. The van der Waals surface area contributed by atoms with Gasteiger partial charge in [0.25, 0.3) is 0 Å². The van der Waals surface area contributed by atoms with E-state index in [0.29, 0.717) is 36.6 Å².